The zero-order valence-corrected chi connectivity index (χ0v) is 20.2. The Kier molecular flexibility index (Phi) is 8.69. The van der Waals surface area contributed by atoms with Crippen LogP contribution in [0.4, 0.5) is 5.69 Å². The Hall–Kier alpha value is -4.05. The topological polar surface area (TPSA) is 123 Å². The molecule has 0 aliphatic rings. The Labute approximate surface area is 204 Å². The fourth-order valence-corrected chi connectivity index (χ4v) is 4.17. The molecule has 3 aromatic rings. The summed E-state index contributed by atoms with van der Waals surface area (Å²) in [4.78, 5) is 24.4. The Morgan fingerprint density at radius 1 is 0.914 bits per heavy atom. The first-order valence-electron chi connectivity index (χ1n) is 10.8. The van der Waals surface area contributed by atoms with Crippen LogP contribution in [0.1, 0.15) is 28.8 Å². The molecule has 0 aliphatic heterocycles. The van der Waals surface area contributed by atoms with E-state index >= 15 is 0 Å². The van der Waals surface area contributed by atoms with Crippen LogP contribution in [0.25, 0.3) is 0 Å². The van der Waals surface area contributed by atoms with Crippen LogP contribution in [0.15, 0.2) is 77.7 Å². The van der Waals surface area contributed by atoms with E-state index in [1.165, 1.54) is 31.4 Å². The Morgan fingerprint density at radius 2 is 1.66 bits per heavy atom. The molecule has 2 amide bonds. The molecule has 0 radical (unpaired) electrons. The highest BCUT2D eigenvalue weighted by Crippen LogP contribution is 2.26. The van der Waals surface area contributed by atoms with Gasteiger partial charge in [-0.25, -0.2) is 8.42 Å². The van der Waals surface area contributed by atoms with Crippen molar-refractivity contribution in [3.05, 3.63) is 83.9 Å². The van der Waals surface area contributed by atoms with E-state index in [0.29, 0.717) is 18.8 Å². The van der Waals surface area contributed by atoms with Gasteiger partial charge in [-0.3, -0.25) is 25.2 Å². The molecular weight excluding hydrogens is 470 g/mol. The highest BCUT2D eigenvalue weighted by atomic mass is 32.2. The van der Waals surface area contributed by atoms with Crippen molar-refractivity contribution in [1.82, 2.24) is 10.9 Å². The number of anilines is 1. The molecule has 10 heteroatoms. The van der Waals surface area contributed by atoms with Crippen LogP contribution in [0.3, 0.4) is 0 Å². The minimum Gasteiger partial charge on any atom is -0.495 e. The third-order valence-electron chi connectivity index (χ3n) is 4.91. The first kappa shape index (κ1) is 25.6. The smallest absolute Gasteiger partial charge is 0.269 e. The number of ether oxygens (including phenoxy) is 2. The normalized spacial score (nSPS) is 10.8. The lowest BCUT2D eigenvalue weighted by Crippen LogP contribution is -2.41. The number of carbonyl (C=O) groups is 2. The molecule has 3 rings (SSSR count). The molecule has 0 aliphatic carbocycles. The van der Waals surface area contributed by atoms with Crippen molar-refractivity contribution in [3.63, 3.8) is 0 Å². The summed E-state index contributed by atoms with van der Waals surface area (Å²) in [5.41, 5.74) is 6.08. The molecule has 0 heterocycles. The van der Waals surface area contributed by atoms with E-state index in [2.05, 4.69) is 15.6 Å². The fourth-order valence-electron chi connectivity index (χ4n) is 3.06. The monoisotopic (exact) mass is 497 g/mol. The van der Waals surface area contributed by atoms with Gasteiger partial charge in [0.15, 0.2) is 0 Å². The highest BCUT2D eigenvalue weighted by Gasteiger charge is 2.18. The summed E-state index contributed by atoms with van der Waals surface area (Å²) in [6.07, 6.45) is 0.599. The molecule has 3 N–H and O–H groups in total. The predicted octanol–water partition coefficient (Wildman–Crippen LogP) is 3.42. The zero-order chi connectivity index (χ0) is 25.3. The second kappa shape index (κ2) is 11.9. The molecule has 9 nitrogen and oxygen atoms in total. The quantitative estimate of drug-likeness (QED) is 0.291. The van der Waals surface area contributed by atoms with Crippen LogP contribution < -0.4 is 25.0 Å². The molecule has 184 valence electrons. The maximum atomic E-state index is 12.8. The molecule has 0 fully saturated rings. The molecule has 0 atom stereocenters. The molecule has 0 bridgehead atoms. The van der Waals surface area contributed by atoms with E-state index in [1.807, 2.05) is 31.2 Å². The van der Waals surface area contributed by atoms with Gasteiger partial charge in [-0.1, -0.05) is 35.9 Å². The number of sulfonamides is 1. The van der Waals surface area contributed by atoms with Crippen LogP contribution in [0, 0.1) is 6.92 Å². The number of carbonyl (C=O) groups excluding carboxylic acids is 2. The van der Waals surface area contributed by atoms with Crippen LogP contribution in [-0.4, -0.2) is 33.9 Å². The van der Waals surface area contributed by atoms with Gasteiger partial charge in [0, 0.05) is 12.0 Å². The fraction of sp³-hybridized carbons (Fsp3) is 0.200. The summed E-state index contributed by atoms with van der Waals surface area (Å²) in [6.45, 7) is 2.33. The van der Waals surface area contributed by atoms with Gasteiger partial charge in [0.2, 0.25) is 5.91 Å². The van der Waals surface area contributed by atoms with Gasteiger partial charge in [0.1, 0.15) is 11.5 Å². The Morgan fingerprint density at radius 3 is 2.40 bits per heavy atom. The van der Waals surface area contributed by atoms with Crippen LogP contribution in [0.5, 0.6) is 11.5 Å². The van der Waals surface area contributed by atoms with Crippen molar-refractivity contribution in [2.24, 2.45) is 0 Å². The summed E-state index contributed by atoms with van der Waals surface area (Å²) < 4.78 is 38.8. The second-order valence-electron chi connectivity index (χ2n) is 7.60. The molecule has 0 aromatic heterocycles. The van der Waals surface area contributed by atoms with Gasteiger partial charge < -0.3 is 9.47 Å². The largest absolute Gasteiger partial charge is 0.495 e. The van der Waals surface area contributed by atoms with Crippen molar-refractivity contribution >= 4 is 27.5 Å². The number of rotatable bonds is 10. The van der Waals surface area contributed by atoms with Gasteiger partial charge >= 0.3 is 0 Å². The SMILES string of the molecule is COc1ccccc1NS(=O)(=O)c1cccc(C(=O)NNC(=O)CCCOc2ccc(C)cc2)c1. The molecule has 0 spiro atoms. The lowest BCUT2D eigenvalue weighted by atomic mass is 10.2. The van der Waals surface area contributed by atoms with E-state index < -0.39 is 21.8 Å². The van der Waals surface area contributed by atoms with Crippen molar-refractivity contribution in [1.29, 1.82) is 0 Å². The first-order chi connectivity index (χ1) is 16.8. The minimum absolute atomic E-state index is 0.0657. The summed E-state index contributed by atoms with van der Waals surface area (Å²) in [5, 5.41) is 0. The number of para-hydroxylation sites is 2. The van der Waals surface area contributed by atoms with E-state index in [4.69, 9.17) is 9.47 Å². The average Bonchev–Trinajstić information content (AvgIpc) is 2.86. The van der Waals surface area contributed by atoms with E-state index in [9.17, 15) is 18.0 Å². The van der Waals surface area contributed by atoms with Crippen LogP contribution >= 0.6 is 0 Å². The van der Waals surface area contributed by atoms with Crippen molar-refractivity contribution in [2.45, 2.75) is 24.7 Å². The minimum atomic E-state index is -3.98. The van der Waals surface area contributed by atoms with Crippen molar-refractivity contribution in [3.8, 4) is 11.5 Å². The number of aryl methyl sites for hydroxylation is 1. The first-order valence-corrected chi connectivity index (χ1v) is 12.3. The molecule has 3 aromatic carbocycles. The van der Waals surface area contributed by atoms with E-state index in [1.54, 1.807) is 24.3 Å². The average molecular weight is 498 g/mol. The van der Waals surface area contributed by atoms with Crippen LogP contribution in [0.2, 0.25) is 0 Å². The number of benzene rings is 3. The van der Waals surface area contributed by atoms with E-state index in [-0.39, 0.29) is 22.6 Å². The summed E-state index contributed by atoms with van der Waals surface area (Å²) >= 11 is 0. The van der Waals surface area contributed by atoms with Gasteiger partial charge in [-0.15, -0.1) is 0 Å². The second-order valence-corrected chi connectivity index (χ2v) is 9.28. The highest BCUT2D eigenvalue weighted by molar-refractivity contribution is 7.92. The zero-order valence-electron chi connectivity index (χ0n) is 19.4. The summed E-state index contributed by atoms with van der Waals surface area (Å²) in [5.74, 6) is 0.0346. The lowest BCUT2D eigenvalue weighted by molar-refractivity contribution is -0.122. The van der Waals surface area contributed by atoms with Gasteiger partial charge in [-0.2, -0.15) is 0 Å². The van der Waals surface area contributed by atoms with Gasteiger partial charge in [0.25, 0.3) is 15.9 Å². The molecule has 0 saturated carbocycles. The Balaban J connectivity index is 1.50. The molecule has 0 saturated heterocycles. The summed E-state index contributed by atoms with van der Waals surface area (Å²) in [6, 6.07) is 19.6. The van der Waals surface area contributed by atoms with Crippen molar-refractivity contribution in [2.75, 3.05) is 18.4 Å². The number of hydrazine groups is 1. The van der Waals surface area contributed by atoms with E-state index in [0.717, 1.165) is 11.3 Å². The lowest BCUT2D eigenvalue weighted by Gasteiger charge is -2.12. The predicted molar refractivity (Wildman–Crippen MR) is 132 cm³/mol. The number of methoxy groups -OCH3 is 1. The maximum absolute atomic E-state index is 12.8. The van der Waals surface area contributed by atoms with Crippen LogP contribution in [-0.2, 0) is 14.8 Å². The number of hydrogen-bond acceptors (Lipinski definition) is 6. The standard InChI is InChI=1S/C25H27N3O6S/c1-18-12-14-20(15-13-18)34-16-6-11-24(29)26-27-25(30)19-7-5-8-21(17-19)35(31,32)28-22-9-3-4-10-23(22)33-2/h3-5,7-10,12-15,17,28H,6,11,16H2,1-2H3,(H,26,29)(H,27,30). The molecule has 35 heavy (non-hydrogen) atoms. The van der Waals surface area contributed by atoms with Crippen molar-refractivity contribution < 1.29 is 27.5 Å². The summed E-state index contributed by atoms with van der Waals surface area (Å²) in [7, 11) is -2.55. The molecular formula is C25H27N3O6S. The number of amides is 2. The van der Waals surface area contributed by atoms with Gasteiger partial charge in [0.05, 0.1) is 24.3 Å². The number of hydrogen-bond donors (Lipinski definition) is 3. The van der Waals surface area contributed by atoms with Gasteiger partial charge in [-0.05, 0) is 55.8 Å². The maximum Gasteiger partial charge on any atom is 0.269 e. The third kappa shape index (κ3) is 7.47. The Bertz CT molecular complexity index is 1280. The number of nitrogens with one attached hydrogen (secondary N) is 3. The third-order valence-corrected chi connectivity index (χ3v) is 6.27. The molecule has 0 unspecified atom stereocenters.